The Morgan fingerprint density at radius 2 is 1.97 bits per heavy atom. The van der Waals surface area contributed by atoms with Crippen molar-refractivity contribution >= 4 is 33.8 Å². The number of rotatable bonds is 7. The Morgan fingerprint density at radius 3 is 2.70 bits per heavy atom. The van der Waals surface area contributed by atoms with Gasteiger partial charge in [-0.2, -0.15) is 0 Å². The number of aryl methyl sites for hydroxylation is 2. The van der Waals surface area contributed by atoms with Crippen LogP contribution in [-0.4, -0.2) is 31.1 Å². The zero-order valence-electron chi connectivity index (χ0n) is 18.1. The van der Waals surface area contributed by atoms with Crippen LogP contribution in [0.4, 0.5) is 0 Å². The molecule has 0 bridgehead atoms. The lowest BCUT2D eigenvalue weighted by molar-refractivity contribution is -0.134. The first kappa shape index (κ1) is 22.6. The molecule has 0 amide bonds. The van der Waals surface area contributed by atoms with Crippen LogP contribution in [0.1, 0.15) is 33.7 Å². The average Bonchev–Trinajstić information content (AvgIpc) is 3.37. The summed E-state index contributed by atoms with van der Waals surface area (Å²) in [5, 5.41) is 3.69. The number of nitrogens with zero attached hydrogens (tertiary/aromatic N) is 1. The predicted molar refractivity (Wildman–Crippen MR) is 122 cm³/mol. The molecule has 0 radical (unpaired) electrons. The van der Waals surface area contributed by atoms with Gasteiger partial charge in [0.15, 0.2) is 5.76 Å². The van der Waals surface area contributed by atoms with Crippen LogP contribution in [0.25, 0.3) is 6.08 Å². The van der Waals surface area contributed by atoms with Crippen molar-refractivity contribution in [1.29, 1.82) is 0 Å². The number of halogens is 1. The largest absolute Gasteiger partial charge is 0.496 e. The van der Waals surface area contributed by atoms with Crippen LogP contribution in [0, 0.1) is 6.92 Å². The molecule has 9 heteroatoms. The summed E-state index contributed by atoms with van der Waals surface area (Å²) in [6.07, 6.45) is 2.03. The maximum Gasteiger partial charge on any atom is 0.311 e. The van der Waals surface area contributed by atoms with Crippen molar-refractivity contribution < 1.29 is 33.1 Å². The summed E-state index contributed by atoms with van der Waals surface area (Å²) in [6.45, 7) is 1.76. The topological polar surface area (TPSA) is 97.1 Å². The maximum atomic E-state index is 12.9. The molecule has 3 aromatic rings. The van der Waals surface area contributed by atoms with Crippen LogP contribution in [-0.2, 0) is 11.2 Å². The van der Waals surface area contributed by atoms with E-state index < -0.39 is 5.97 Å². The standard InChI is InChI=1S/C24H20BrNO7/c1-13-8-17(31-22(27)7-5-16-12-21(30-3)26-33-16)11-19-23(13)24(28)20(32-19)10-14-9-15(25)4-6-18(14)29-2/h4,6,8-12H,5,7H2,1-3H3/b20-10-. The van der Waals surface area contributed by atoms with E-state index in [9.17, 15) is 9.59 Å². The van der Waals surface area contributed by atoms with E-state index in [-0.39, 0.29) is 18.0 Å². The molecule has 8 nitrogen and oxygen atoms in total. The van der Waals surface area contributed by atoms with E-state index in [0.29, 0.717) is 52.0 Å². The summed E-state index contributed by atoms with van der Waals surface area (Å²) in [5.74, 6) is 1.55. The summed E-state index contributed by atoms with van der Waals surface area (Å²) in [4.78, 5) is 25.2. The van der Waals surface area contributed by atoms with Gasteiger partial charge in [0.25, 0.3) is 5.88 Å². The monoisotopic (exact) mass is 513 g/mol. The van der Waals surface area contributed by atoms with Gasteiger partial charge in [0.2, 0.25) is 5.78 Å². The molecule has 0 saturated heterocycles. The Kier molecular flexibility index (Phi) is 6.50. The third-order valence-corrected chi connectivity index (χ3v) is 5.47. The molecule has 33 heavy (non-hydrogen) atoms. The number of carbonyl (C=O) groups is 2. The molecule has 0 N–H and O–H groups in total. The zero-order chi connectivity index (χ0) is 23.5. The van der Waals surface area contributed by atoms with Crippen molar-refractivity contribution in [2.45, 2.75) is 19.8 Å². The van der Waals surface area contributed by atoms with Crippen LogP contribution in [0.2, 0.25) is 0 Å². The third kappa shape index (κ3) is 4.93. The second kappa shape index (κ2) is 9.50. The molecule has 170 valence electrons. The molecule has 0 fully saturated rings. The average molecular weight is 514 g/mol. The minimum Gasteiger partial charge on any atom is -0.496 e. The summed E-state index contributed by atoms with van der Waals surface area (Å²) in [5.41, 5.74) is 1.77. The summed E-state index contributed by atoms with van der Waals surface area (Å²) in [7, 11) is 3.04. The van der Waals surface area contributed by atoms with Crippen LogP contribution in [0.5, 0.6) is 23.1 Å². The third-order valence-electron chi connectivity index (χ3n) is 4.98. The highest BCUT2D eigenvalue weighted by Gasteiger charge is 2.30. The number of Topliss-reactive ketones (excluding diaryl/α,β-unsaturated/α-hetero) is 1. The summed E-state index contributed by atoms with van der Waals surface area (Å²) < 4.78 is 27.5. The van der Waals surface area contributed by atoms with Crippen molar-refractivity contribution in [2.24, 2.45) is 0 Å². The highest BCUT2D eigenvalue weighted by atomic mass is 79.9. The molecule has 0 atom stereocenters. The fourth-order valence-electron chi connectivity index (χ4n) is 3.41. The van der Waals surface area contributed by atoms with Crippen molar-refractivity contribution in [3.05, 3.63) is 69.1 Å². The van der Waals surface area contributed by atoms with Gasteiger partial charge in [0.05, 0.1) is 26.2 Å². The Hall–Kier alpha value is -3.59. The molecule has 2 heterocycles. The number of methoxy groups -OCH3 is 2. The van der Waals surface area contributed by atoms with Gasteiger partial charge in [0.1, 0.15) is 23.0 Å². The second-order valence-corrected chi connectivity index (χ2v) is 8.16. The van der Waals surface area contributed by atoms with Crippen LogP contribution in [0.3, 0.4) is 0 Å². The van der Waals surface area contributed by atoms with Crippen LogP contribution >= 0.6 is 15.9 Å². The van der Waals surface area contributed by atoms with Crippen molar-refractivity contribution in [2.75, 3.05) is 14.2 Å². The van der Waals surface area contributed by atoms with Gasteiger partial charge >= 0.3 is 5.97 Å². The normalized spacial score (nSPS) is 13.6. The fourth-order valence-corrected chi connectivity index (χ4v) is 3.79. The van der Waals surface area contributed by atoms with Crippen molar-refractivity contribution in [1.82, 2.24) is 5.16 Å². The number of carbonyl (C=O) groups excluding carboxylic acids is 2. The van der Waals surface area contributed by atoms with E-state index in [2.05, 4.69) is 21.1 Å². The Morgan fingerprint density at radius 1 is 1.15 bits per heavy atom. The van der Waals surface area contributed by atoms with Crippen molar-refractivity contribution in [3.8, 4) is 23.1 Å². The maximum absolute atomic E-state index is 12.9. The molecule has 4 rings (SSSR count). The number of allylic oxidation sites excluding steroid dienone is 1. The van der Waals surface area contributed by atoms with E-state index in [1.165, 1.54) is 13.2 Å². The smallest absolute Gasteiger partial charge is 0.311 e. The number of aromatic nitrogens is 1. The molecule has 0 saturated carbocycles. The van der Waals surface area contributed by atoms with Gasteiger partial charge in [-0.25, -0.2) is 0 Å². The van der Waals surface area contributed by atoms with Crippen molar-refractivity contribution in [3.63, 3.8) is 0 Å². The first-order valence-electron chi connectivity index (χ1n) is 10.0. The molecular formula is C24H20BrNO7. The van der Waals surface area contributed by atoms with Crippen LogP contribution < -0.4 is 18.9 Å². The lowest BCUT2D eigenvalue weighted by Crippen LogP contribution is -2.09. The first-order valence-corrected chi connectivity index (χ1v) is 10.8. The molecule has 1 aliphatic rings. The van der Waals surface area contributed by atoms with Gasteiger partial charge in [-0.3, -0.25) is 9.59 Å². The number of hydrogen-bond donors (Lipinski definition) is 0. The van der Waals surface area contributed by atoms with E-state index in [4.69, 9.17) is 23.5 Å². The number of ether oxygens (including phenoxy) is 4. The molecular weight excluding hydrogens is 494 g/mol. The van der Waals surface area contributed by atoms with Gasteiger partial charge < -0.3 is 23.5 Å². The number of hydrogen-bond acceptors (Lipinski definition) is 8. The minimum absolute atomic E-state index is 0.0854. The predicted octanol–water partition coefficient (Wildman–Crippen LogP) is 4.92. The number of esters is 1. The summed E-state index contributed by atoms with van der Waals surface area (Å²) >= 11 is 3.42. The van der Waals surface area contributed by atoms with E-state index in [0.717, 1.165) is 4.47 Å². The van der Waals surface area contributed by atoms with Gasteiger partial charge in [0, 0.05) is 28.6 Å². The Bertz CT molecular complexity index is 1260. The number of fused-ring (bicyclic) bond motifs is 1. The van der Waals surface area contributed by atoms with Crippen LogP contribution in [0.15, 0.2) is 51.2 Å². The second-order valence-electron chi connectivity index (χ2n) is 7.25. The molecule has 0 unspecified atom stereocenters. The fraction of sp³-hybridized carbons (Fsp3) is 0.208. The molecule has 1 aromatic heterocycles. The Balaban J connectivity index is 1.49. The zero-order valence-corrected chi connectivity index (χ0v) is 19.7. The number of ketones is 1. The van der Waals surface area contributed by atoms with E-state index >= 15 is 0 Å². The highest BCUT2D eigenvalue weighted by molar-refractivity contribution is 9.10. The summed E-state index contributed by atoms with van der Waals surface area (Å²) in [6, 6.07) is 10.3. The molecule has 0 spiro atoms. The number of benzene rings is 2. The minimum atomic E-state index is -0.455. The quantitative estimate of drug-likeness (QED) is 0.249. The van der Waals surface area contributed by atoms with E-state index in [1.807, 2.05) is 12.1 Å². The van der Waals surface area contributed by atoms with Gasteiger partial charge in [-0.15, -0.1) is 0 Å². The lowest BCUT2D eigenvalue weighted by atomic mass is 10.0. The molecule has 1 aliphatic heterocycles. The highest BCUT2D eigenvalue weighted by Crippen LogP contribution is 2.38. The van der Waals surface area contributed by atoms with E-state index in [1.54, 1.807) is 38.3 Å². The lowest BCUT2D eigenvalue weighted by Gasteiger charge is -2.07. The first-order chi connectivity index (χ1) is 15.9. The van der Waals surface area contributed by atoms with Gasteiger partial charge in [-0.1, -0.05) is 15.9 Å². The molecule has 2 aromatic carbocycles. The Labute approximate surface area is 198 Å². The molecule has 0 aliphatic carbocycles. The SMILES string of the molecule is COc1cc(CCC(=O)Oc2cc(C)c3c(c2)O/C(=C\c2cc(Br)ccc2OC)C3=O)on1. The van der Waals surface area contributed by atoms with Gasteiger partial charge in [-0.05, 0) is 48.0 Å².